The number of hydrogen-bond acceptors (Lipinski definition) is 6. The number of nitrogens with zero attached hydrogens (tertiary/aromatic N) is 1. The Morgan fingerprint density at radius 2 is 1.82 bits per heavy atom. The van der Waals surface area contributed by atoms with Gasteiger partial charge in [-0.2, -0.15) is 0 Å². The summed E-state index contributed by atoms with van der Waals surface area (Å²) in [6, 6.07) is 16.2. The molecule has 1 amide bonds. The normalized spacial score (nSPS) is 10.9. The quantitative estimate of drug-likeness (QED) is 0.208. The second-order valence-electron chi connectivity index (χ2n) is 6.90. The zero-order valence-corrected chi connectivity index (χ0v) is 20.8. The van der Waals surface area contributed by atoms with Crippen LogP contribution in [0, 0.1) is 0 Å². The summed E-state index contributed by atoms with van der Waals surface area (Å²) in [5, 5.41) is 9.12. The minimum atomic E-state index is -0.409. The van der Waals surface area contributed by atoms with Crippen molar-refractivity contribution in [3.05, 3.63) is 81.9 Å². The topological polar surface area (TPSA) is 76.4 Å². The van der Waals surface area contributed by atoms with Crippen molar-refractivity contribution in [2.24, 2.45) is 0 Å². The molecule has 2 aromatic heterocycles. The molecular formula is C24H17Cl2N3O3S2. The van der Waals surface area contributed by atoms with Crippen LogP contribution in [0.4, 0.5) is 5.13 Å². The van der Waals surface area contributed by atoms with Crippen LogP contribution in [0.2, 0.25) is 10.0 Å². The van der Waals surface area contributed by atoms with Crippen molar-refractivity contribution >= 4 is 69.0 Å². The molecule has 0 spiro atoms. The van der Waals surface area contributed by atoms with Gasteiger partial charge < -0.3 is 14.5 Å². The highest BCUT2D eigenvalue weighted by Gasteiger charge is 2.09. The summed E-state index contributed by atoms with van der Waals surface area (Å²) in [4.78, 5) is 16.7. The number of furan rings is 1. The molecule has 0 radical (unpaired) electrons. The van der Waals surface area contributed by atoms with Crippen molar-refractivity contribution in [1.82, 2.24) is 10.3 Å². The molecule has 2 N–H and O–H groups in total. The van der Waals surface area contributed by atoms with Gasteiger partial charge in [0, 0.05) is 32.6 Å². The number of thiocarbonyl (C=S) groups is 1. The van der Waals surface area contributed by atoms with E-state index in [4.69, 9.17) is 44.6 Å². The molecule has 0 saturated carbocycles. The van der Waals surface area contributed by atoms with Crippen molar-refractivity contribution in [3.8, 4) is 28.3 Å². The van der Waals surface area contributed by atoms with Gasteiger partial charge in [0.1, 0.15) is 17.3 Å². The molecule has 2 aromatic carbocycles. The second kappa shape index (κ2) is 10.8. The van der Waals surface area contributed by atoms with Crippen LogP contribution in [0.3, 0.4) is 0 Å². The first-order valence-electron chi connectivity index (χ1n) is 9.86. The highest BCUT2D eigenvalue weighted by atomic mass is 35.5. The lowest BCUT2D eigenvalue weighted by Crippen LogP contribution is -2.32. The summed E-state index contributed by atoms with van der Waals surface area (Å²) in [6.45, 7) is 0. The van der Waals surface area contributed by atoms with Gasteiger partial charge in [-0.25, -0.2) is 4.98 Å². The van der Waals surface area contributed by atoms with Gasteiger partial charge >= 0.3 is 0 Å². The van der Waals surface area contributed by atoms with Crippen LogP contribution in [0.15, 0.2) is 70.5 Å². The van der Waals surface area contributed by atoms with Gasteiger partial charge in [0.15, 0.2) is 10.2 Å². The third-order valence-electron chi connectivity index (χ3n) is 4.52. The molecular weight excluding hydrogens is 513 g/mol. The van der Waals surface area contributed by atoms with Crippen LogP contribution in [-0.2, 0) is 4.79 Å². The largest absolute Gasteiger partial charge is 0.497 e. The third kappa shape index (κ3) is 6.24. The van der Waals surface area contributed by atoms with Gasteiger partial charge in [0.2, 0.25) is 5.91 Å². The molecule has 2 heterocycles. The fourth-order valence-electron chi connectivity index (χ4n) is 2.96. The van der Waals surface area contributed by atoms with E-state index in [1.807, 2.05) is 29.6 Å². The minimum Gasteiger partial charge on any atom is -0.497 e. The number of carbonyl (C=O) groups is 1. The van der Waals surface area contributed by atoms with Gasteiger partial charge in [0.25, 0.3) is 0 Å². The highest BCUT2D eigenvalue weighted by molar-refractivity contribution is 7.80. The van der Waals surface area contributed by atoms with Crippen LogP contribution < -0.4 is 15.4 Å². The zero-order valence-electron chi connectivity index (χ0n) is 17.7. The molecule has 34 heavy (non-hydrogen) atoms. The Morgan fingerprint density at radius 1 is 1.09 bits per heavy atom. The van der Waals surface area contributed by atoms with E-state index in [-0.39, 0.29) is 5.11 Å². The standard InChI is InChI=1S/C24H17Cl2N3O3S2/c1-31-18-4-2-14(3-5-18)20-13-34-24(27-20)29-23(33)28-22(30)9-7-19-6-8-21(32-19)15-10-16(25)12-17(26)11-15/h2-13H,1H3,(H2,27,28,29,30,33)/b9-7+. The fraction of sp³-hybridized carbons (Fsp3) is 0.0417. The number of carbonyl (C=O) groups excluding carboxylic acids is 1. The number of nitrogens with one attached hydrogen (secondary N) is 2. The third-order valence-corrected chi connectivity index (χ3v) is 5.92. The minimum absolute atomic E-state index is 0.138. The number of anilines is 1. The van der Waals surface area contributed by atoms with Crippen molar-refractivity contribution in [1.29, 1.82) is 0 Å². The molecule has 0 bridgehead atoms. The van der Waals surface area contributed by atoms with Crippen molar-refractivity contribution in [3.63, 3.8) is 0 Å². The monoisotopic (exact) mass is 529 g/mol. The maximum atomic E-state index is 12.2. The average molecular weight is 530 g/mol. The van der Waals surface area contributed by atoms with Crippen LogP contribution in [-0.4, -0.2) is 23.1 Å². The number of ether oxygens (including phenoxy) is 1. The number of thiazole rings is 1. The van der Waals surface area contributed by atoms with E-state index in [1.165, 1.54) is 17.4 Å². The van der Waals surface area contributed by atoms with Gasteiger partial charge in [-0.15, -0.1) is 11.3 Å². The van der Waals surface area contributed by atoms with Crippen molar-refractivity contribution in [2.75, 3.05) is 12.4 Å². The van der Waals surface area contributed by atoms with Crippen LogP contribution >= 0.6 is 46.8 Å². The van der Waals surface area contributed by atoms with E-state index in [9.17, 15) is 4.79 Å². The molecule has 0 fully saturated rings. The van der Waals surface area contributed by atoms with Gasteiger partial charge in [0.05, 0.1) is 12.8 Å². The number of amides is 1. The van der Waals surface area contributed by atoms with E-state index in [2.05, 4.69) is 15.6 Å². The SMILES string of the molecule is COc1ccc(-c2csc(NC(=S)NC(=O)/C=C/c3ccc(-c4cc(Cl)cc(Cl)c4)o3)n2)cc1. The summed E-state index contributed by atoms with van der Waals surface area (Å²) in [6.07, 6.45) is 2.87. The molecule has 0 aliphatic heterocycles. The second-order valence-corrected chi connectivity index (χ2v) is 9.04. The smallest absolute Gasteiger partial charge is 0.250 e. The molecule has 4 rings (SSSR count). The lowest BCUT2D eigenvalue weighted by atomic mass is 10.2. The number of aromatic nitrogens is 1. The summed E-state index contributed by atoms with van der Waals surface area (Å²) >= 11 is 18.7. The zero-order chi connectivity index (χ0) is 24.1. The molecule has 0 unspecified atom stereocenters. The molecule has 172 valence electrons. The molecule has 6 nitrogen and oxygen atoms in total. The summed E-state index contributed by atoms with van der Waals surface area (Å²) < 4.78 is 10.9. The first kappa shape index (κ1) is 24.0. The number of benzene rings is 2. The van der Waals surface area contributed by atoms with Gasteiger partial charge in [-0.3, -0.25) is 10.1 Å². The number of methoxy groups -OCH3 is 1. The van der Waals surface area contributed by atoms with Crippen molar-refractivity contribution < 1.29 is 13.9 Å². The Balaban J connectivity index is 1.32. The average Bonchev–Trinajstić information content (AvgIpc) is 3.47. The Morgan fingerprint density at radius 3 is 2.53 bits per heavy atom. The molecule has 0 aliphatic carbocycles. The predicted octanol–water partition coefficient (Wildman–Crippen LogP) is 6.91. The maximum Gasteiger partial charge on any atom is 0.250 e. The van der Waals surface area contributed by atoms with E-state index in [0.29, 0.717) is 26.7 Å². The van der Waals surface area contributed by atoms with Crippen LogP contribution in [0.5, 0.6) is 5.75 Å². The van der Waals surface area contributed by atoms with Gasteiger partial charge in [-0.05, 0) is 72.9 Å². The molecule has 4 aromatic rings. The van der Waals surface area contributed by atoms with E-state index < -0.39 is 5.91 Å². The number of rotatable bonds is 6. The number of hydrogen-bond donors (Lipinski definition) is 2. The lowest BCUT2D eigenvalue weighted by molar-refractivity contribution is -0.115. The summed E-state index contributed by atoms with van der Waals surface area (Å²) in [7, 11) is 1.62. The van der Waals surface area contributed by atoms with Crippen LogP contribution in [0.1, 0.15) is 5.76 Å². The lowest BCUT2D eigenvalue weighted by Gasteiger charge is -2.04. The molecule has 0 saturated heterocycles. The number of halogens is 2. The Bertz CT molecular complexity index is 1340. The van der Waals surface area contributed by atoms with E-state index in [0.717, 1.165) is 22.6 Å². The summed E-state index contributed by atoms with van der Waals surface area (Å²) in [5.74, 6) is 1.43. The first-order valence-corrected chi connectivity index (χ1v) is 11.9. The van der Waals surface area contributed by atoms with Crippen molar-refractivity contribution in [2.45, 2.75) is 0 Å². The molecule has 10 heteroatoms. The molecule has 0 aliphatic rings. The van der Waals surface area contributed by atoms with E-state index in [1.54, 1.807) is 43.5 Å². The highest BCUT2D eigenvalue weighted by Crippen LogP contribution is 2.29. The Kier molecular flexibility index (Phi) is 7.64. The predicted molar refractivity (Wildman–Crippen MR) is 142 cm³/mol. The fourth-order valence-corrected chi connectivity index (χ4v) is 4.47. The Labute approximate surface area is 215 Å². The Hall–Kier alpha value is -3.17. The first-order chi connectivity index (χ1) is 16.4. The summed E-state index contributed by atoms with van der Waals surface area (Å²) in [5.41, 5.74) is 2.48. The van der Waals surface area contributed by atoms with Crippen LogP contribution in [0.25, 0.3) is 28.7 Å². The van der Waals surface area contributed by atoms with Gasteiger partial charge in [-0.1, -0.05) is 23.2 Å². The molecule has 0 atom stereocenters. The van der Waals surface area contributed by atoms with E-state index >= 15 is 0 Å². The maximum absolute atomic E-state index is 12.2.